The zero-order chi connectivity index (χ0) is 7.98. The Bertz CT molecular complexity index is 144. The molecule has 0 aromatic heterocycles. The lowest BCUT2D eigenvalue weighted by molar-refractivity contribution is -0.136. The van der Waals surface area contributed by atoms with E-state index in [1.54, 1.807) is 6.92 Å². The van der Waals surface area contributed by atoms with E-state index in [0.29, 0.717) is 5.57 Å². The average Bonchev–Trinajstić information content (AvgIpc) is 1.98. The lowest BCUT2D eigenvalue weighted by Crippen LogP contribution is -2.03. The van der Waals surface area contributed by atoms with E-state index in [9.17, 15) is 4.79 Å². The van der Waals surface area contributed by atoms with Gasteiger partial charge in [0.25, 0.3) is 0 Å². The molecule has 0 rings (SSSR count). The van der Waals surface area contributed by atoms with Crippen LogP contribution in [0, 0.1) is 0 Å². The van der Waals surface area contributed by atoms with E-state index < -0.39 is 9.76 Å². The molecule has 0 heterocycles. The molecule has 10 heavy (non-hydrogen) atoms. The standard InChI is InChI=1S/C5H12O3Si2/c1-4(3-10-8-9)5(6)7-2/h3H,10H2,1-2,9H3. The Morgan fingerprint density at radius 1 is 1.70 bits per heavy atom. The lowest BCUT2D eigenvalue weighted by atomic mass is 10.4. The quantitative estimate of drug-likeness (QED) is 0.296. The Morgan fingerprint density at radius 3 is 2.70 bits per heavy atom. The molecule has 0 aliphatic rings. The van der Waals surface area contributed by atoms with Gasteiger partial charge in [-0.25, -0.2) is 4.79 Å². The summed E-state index contributed by atoms with van der Waals surface area (Å²) in [4.78, 5) is 10.7. The van der Waals surface area contributed by atoms with Crippen LogP contribution in [0.2, 0.25) is 0 Å². The van der Waals surface area contributed by atoms with Gasteiger partial charge in [-0.1, -0.05) is 5.70 Å². The van der Waals surface area contributed by atoms with Gasteiger partial charge < -0.3 is 8.85 Å². The molecule has 0 N–H and O–H groups in total. The van der Waals surface area contributed by atoms with Gasteiger partial charge in [-0.2, -0.15) is 0 Å². The predicted molar refractivity (Wildman–Crippen MR) is 45.3 cm³/mol. The van der Waals surface area contributed by atoms with Crippen LogP contribution in [-0.4, -0.2) is 33.3 Å². The van der Waals surface area contributed by atoms with Crippen LogP contribution < -0.4 is 0 Å². The molecule has 0 bridgehead atoms. The lowest BCUT2D eigenvalue weighted by Gasteiger charge is -1.96. The van der Waals surface area contributed by atoms with Crippen molar-refractivity contribution in [2.45, 2.75) is 6.92 Å². The van der Waals surface area contributed by atoms with Crippen molar-refractivity contribution in [3.63, 3.8) is 0 Å². The Morgan fingerprint density at radius 2 is 2.30 bits per heavy atom. The first-order chi connectivity index (χ1) is 4.72. The highest BCUT2D eigenvalue weighted by Crippen LogP contribution is 1.92. The van der Waals surface area contributed by atoms with Crippen LogP contribution in [0.3, 0.4) is 0 Å². The van der Waals surface area contributed by atoms with Crippen molar-refractivity contribution in [3.05, 3.63) is 11.3 Å². The molecule has 5 heteroatoms. The molecular weight excluding hydrogens is 164 g/mol. The molecule has 0 saturated carbocycles. The fraction of sp³-hybridized carbons (Fsp3) is 0.400. The number of carbonyl (C=O) groups is 1. The number of hydrogen-bond acceptors (Lipinski definition) is 3. The van der Waals surface area contributed by atoms with Crippen molar-refractivity contribution in [2.75, 3.05) is 7.11 Å². The molecule has 58 valence electrons. The highest BCUT2D eigenvalue weighted by Gasteiger charge is 2.00. The third kappa shape index (κ3) is 3.60. The Kier molecular flexibility index (Phi) is 5.18. The fourth-order valence-electron chi connectivity index (χ4n) is 0.453. The molecule has 0 spiro atoms. The topological polar surface area (TPSA) is 35.5 Å². The fourth-order valence-corrected chi connectivity index (χ4v) is 1.54. The second-order valence-electron chi connectivity index (χ2n) is 1.83. The smallest absolute Gasteiger partial charge is 0.332 e. The SMILES string of the molecule is COC(=O)C(C)=C[SiH2]O[SiH3]. The van der Waals surface area contributed by atoms with Crippen molar-refractivity contribution >= 4 is 26.2 Å². The van der Waals surface area contributed by atoms with Gasteiger partial charge >= 0.3 is 5.97 Å². The minimum Gasteiger partial charge on any atom is -0.466 e. The van der Waals surface area contributed by atoms with Crippen molar-refractivity contribution in [1.29, 1.82) is 0 Å². The molecule has 3 nitrogen and oxygen atoms in total. The van der Waals surface area contributed by atoms with Gasteiger partial charge in [0, 0.05) is 5.57 Å². The number of rotatable bonds is 3. The summed E-state index contributed by atoms with van der Waals surface area (Å²) in [7, 11) is 1.56. The normalized spacial score (nSPS) is 12.8. The van der Waals surface area contributed by atoms with E-state index >= 15 is 0 Å². The highest BCUT2D eigenvalue weighted by atomic mass is 28.3. The second-order valence-corrected chi connectivity index (χ2v) is 4.89. The maximum Gasteiger partial charge on any atom is 0.332 e. The number of carbonyl (C=O) groups excluding carboxylic acids is 1. The first kappa shape index (κ1) is 9.60. The summed E-state index contributed by atoms with van der Waals surface area (Å²) in [6.45, 7) is 1.74. The summed E-state index contributed by atoms with van der Waals surface area (Å²) in [5, 5.41) is 0. The molecule has 0 aliphatic heterocycles. The van der Waals surface area contributed by atoms with Crippen molar-refractivity contribution in [2.24, 2.45) is 0 Å². The molecule has 0 radical (unpaired) electrons. The van der Waals surface area contributed by atoms with Crippen molar-refractivity contribution < 1.29 is 13.6 Å². The van der Waals surface area contributed by atoms with E-state index in [1.807, 2.05) is 5.70 Å². The molecular formula is C5H12O3Si2. The van der Waals surface area contributed by atoms with Crippen LogP contribution >= 0.6 is 0 Å². The Balaban J connectivity index is 3.80. The molecule has 0 fully saturated rings. The van der Waals surface area contributed by atoms with Crippen LogP contribution in [0.4, 0.5) is 0 Å². The molecule has 0 unspecified atom stereocenters. The second kappa shape index (κ2) is 5.39. The molecule has 0 aliphatic carbocycles. The van der Waals surface area contributed by atoms with Gasteiger partial charge in [-0.3, -0.25) is 0 Å². The van der Waals surface area contributed by atoms with E-state index in [1.165, 1.54) is 7.11 Å². The molecule has 0 aromatic rings. The van der Waals surface area contributed by atoms with E-state index in [2.05, 4.69) is 4.74 Å². The number of hydrogen-bond donors (Lipinski definition) is 0. The summed E-state index contributed by atoms with van der Waals surface area (Å²) < 4.78 is 9.48. The zero-order valence-corrected chi connectivity index (χ0v) is 9.92. The Labute approximate surface area is 65.9 Å². The summed E-state index contributed by atoms with van der Waals surface area (Å²) >= 11 is 0. The third-order valence-electron chi connectivity index (χ3n) is 1.06. The van der Waals surface area contributed by atoms with Crippen LogP contribution in [0.25, 0.3) is 0 Å². The van der Waals surface area contributed by atoms with E-state index in [0.717, 1.165) is 10.5 Å². The van der Waals surface area contributed by atoms with Gasteiger partial charge in [0.15, 0.2) is 9.76 Å². The van der Waals surface area contributed by atoms with Gasteiger partial charge in [0.2, 0.25) is 0 Å². The maximum absolute atomic E-state index is 10.7. The summed E-state index contributed by atoms with van der Waals surface area (Å²) in [5.74, 6) is -0.258. The van der Waals surface area contributed by atoms with Crippen LogP contribution in [0.1, 0.15) is 6.92 Å². The van der Waals surface area contributed by atoms with Crippen LogP contribution in [0.5, 0.6) is 0 Å². The molecule has 0 saturated heterocycles. The summed E-state index contributed by atoms with van der Waals surface area (Å²) in [6, 6.07) is 0. The van der Waals surface area contributed by atoms with Gasteiger partial charge in [0.05, 0.1) is 7.11 Å². The molecule has 0 aromatic carbocycles. The van der Waals surface area contributed by atoms with Crippen LogP contribution in [-0.2, 0) is 13.6 Å². The maximum atomic E-state index is 10.7. The summed E-state index contributed by atoms with van der Waals surface area (Å²) in [5.41, 5.74) is 2.50. The average molecular weight is 176 g/mol. The van der Waals surface area contributed by atoms with Crippen molar-refractivity contribution in [1.82, 2.24) is 0 Å². The molecule has 0 atom stereocenters. The zero-order valence-electron chi connectivity index (χ0n) is 6.51. The minimum absolute atomic E-state index is 0.258. The van der Waals surface area contributed by atoms with Crippen LogP contribution in [0.15, 0.2) is 11.3 Å². The van der Waals surface area contributed by atoms with Gasteiger partial charge in [0.1, 0.15) is 10.5 Å². The number of ether oxygens (including phenoxy) is 1. The predicted octanol–water partition coefficient (Wildman–Crippen LogP) is -1.56. The van der Waals surface area contributed by atoms with E-state index in [-0.39, 0.29) is 5.97 Å². The molecule has 0 amide bonds. The van der Waals surface area contributed by atoms with Gasteiger partial charge in [-0.05, 0) is 6.92 Å². The first-order valence-corrected chi connectivity index (χ1v) is 5.17. The number of esters is 1. The highest BCUT2D eigenvalue weighted by molar-refractivity contribution is 6.40. The third-order valence-corrected chi connectivity index (χ3v) is 3.18. The first-order valence-electron chi connectivity index (χ1n) is 2.96. The summed E-state index contributed by atoms with van der Waals surface area (Å²) in [6.07, 6.45) is 0. The van der Waals surface area contributed by atoms with E-state index in [4.69, 9.17) is 4.12 Å². The largest absolute Gasteiger partial charge is 0.466 e. The monoisotopic (exact) mass is 176 g/mol. The Hall–Kier alpha value is -0.396. The number of methoxy groups -OCH3 is 1. The van der Waals surface area contributed by atoms with Gasteiger partial charge in [-0.15, -0.1) is 0 Å². The van der Waals surface area contributed by atoms with Crippen molar-refractivity contribution in [3.8, 4) is 0 Å². The minimum atomic E-state index is -0.579.